The third kappa shape index (κ3) is 1.93. The molecule has 3 aliphatic heterocycles. The number of carbonyl (C=O) groups is 2. The molecule has 1 saturated carbocycles. The summed E-state index contributed by atoms with van der Waals surface area (Å²) in [4.78, 5) is 29.2. The van der Waals surface area contributed by atoms with Crippen LogP contribution >= 0.6 is 0 Å². The molecule has 1 aliphatic carbocycles. The number of fused-ring (bicyclic) bond motifs is 1. The maximum atomic E-state index is 13.0. The summed E-state index contributed by atoms with van der Waals surface area (Å²) in [5, 5.41) is 0. The third-order valence-corrected chi connectivity index (χ3v) is 6.05. The van der Waals surface area contributed by atoms with Gasteiger partial charge in [0.15, 0.2) is 0 Å². The van der Waals surface area contributed by atoms with Gasteiger partial charge < -0.3 is 14.5 Å². The molecule has 1 spiro atoms. The number of piperidine rings is 1. The van der Waals surface area contributed by atoms with E-state index in [1.54, 1.807) is 0 Å². The predicted octanol–water partition coefficient (Wildman–Crippen LogP) is 0.882. The van der Waals surface area contributed by atoms with Crippen molar-refractivity contribution in [3.63, 3.8) is 0 Å². The van der Waals surface area contributed by atoms with Crippen LogP contribution < -0.4 is 0 Å². The minimum atomic E-state index is -0.208. The second-order valence-corrected chi connectivity index (χ2v) is 7.15. The van der Waals surface area contributed by atoms with Crippen molar-refractivity contribution in [1.82, 2.24) is 9.80 Å². The summed E-state index contributed by atoms with van der Waals surface area (Å²) in [6.07, 6.45) is 3.73. The van der Waals surface area contributed by atoms with Gasteiger partial charge in [-0.15, -0.1) is 0 Å². The number of hydrogen-bond donors (Lipinski definition) is 0. The van der Waals surface area contributed by atoms with Crippen LogP contribution in [0.2, 0.25) is 0 Å². The summed E-state index contributed by atoms with van der Waals surface area (Å²) in [7, 11) is 0. The zero-order valence-electron chi connectivity index (χ0n) is 12.7. The number of carbonyl (C=O) groups excluding carboxylic acids is 2. The average molecular weight is 292 g/mol. The largest absolute Gasteiger partial charge is 0.381 e. The molecule has 4 atom stereocenters. The number of likely N-dealkylation sites (N-methyl/N-ethyl adjacent to an activating group) is 1. The van der Waals surface area contributed by atoms with E-state index in [-0.39, 0.29) is 17.4 Å². The Bertz CT molecular complexity index is 470. The number of ether oxygens (including phenoxy) is 1. The van der Waals surface area contributed by atoms with Gasteiger partial charge in [0.05, 0.1) is 25.2 Å². The molecule has 4 aliphatic rings. The fraction of sp³-hybridized carbons (Fsp3) is 0.875. The lowest BCUT2D eigenvalue weighted by Gasteiger charge is -2.44. The summed E-state index contributed by atoms with van der Waals surface area (Å²) in [5.41, 5.74) is -0.208. The van der Waals surface area contributed by atoms with Gasteiger partial charge in [0.25, 0.3) is 0 Å². The van der Waals surface area contributed by atoms with E-state index in [1.165, 1.54) is 0 Å². The van der Waals surface area contributed by atoms with Gasteiger partial charge in [0.2, 0.25) is 11.8 Å². The topological polar surface area (TPSA) is 49.9 Å². The minimum Gasteiger partial charge on any atom is -0.381 e. The summed E-state index contributed by atoms with van der Waals surface area (Å²) in [6, 6.07) is 0. The Morgan fingerprint density at radius 3 is 2.76 bits per heavy atom. The van der Waals surface area contributed by atoms with E-state index in [0.717, 1.165) is 52.1 Å². The second kappa shape index (κ2) is 4.70. The fourth-order valence-corrected chi connectivity index (χ4v) is 4.76. The van der Waals surface area contributed by atoms with Crippen molar-refractivity contribution in [2.24, 2.45) is 17.8 Å². The van der Waals surface area contributed by atoms with Crippen LogP contribution in [-0.4, -0.2) is 60.0 Å². The molecule has 0 radical (unpaired) electrons. The van der Waals surface area contributed by atoms with E-state index in [1.807, 2.05) is 11.8 Å². The first kappa shape index (κ1) is 13.6. The highest BCUT2D eigenvalue weighted by Crippen LogP contribution is 2.53. The average Bonchev–Trinajstić information content (AvgIpc) is 2.82. The van der Waals surface area contributed by atoms with Crippen molar-refractivity contribution in [1.29, 1.82) is 0 Å². The van der Waals surface area contributed by atoms with E-state index < -0.39 is 0 Å². The minimum absolute atomic E-state index is 0.180. The molecule has 2 amide bonds. The Balaban J connectivity index is 1.55. The highest BCUT2D eigenvalue weighted by atomic mass is 16.5. The van der Waals surface area contributed by atoms with Crippen molar-refractivity contribution in [2.45, 2.75) is 38.1 Å². The molecule has 21 heavy (non-hydrogen) atoms. The lowest BCUT2D eigenvalue weighted by molar-refractivity contribution is -0.142. The monoisotopic (exact) mass is 292 g/mol. The van der Waals surface area contributed by atoms with Gasteiger partial charge >= 0.3 is 0 Å². The molecule has 0 aromatic heterocycles. The lowest BCUT2D eigenvalue weighted by Crippen LogP contribution is -2.56. The molecule has 4 fully saturated rings. The second-order valence-electron chi connectivity index (χ2n) is 7.15. The maximum absolute atomic E-state index is 13.0. The van der Waals surface area contributed by atoms with Crippen LogP contribution in [0.3, 0.4) is 0 Å². The summed E-state index contributed by atoms with van der Waals surface area (Å²) < 4.78 is 5.41. The third-order valence-electron chi connectivity index (χ3n) is 6.05. The standard InChI is InChI=1S/C16H24N2O3/c1-2-17-10-16(7-13(17)19)5-3-4-6-18(16)15(20)14-11-8-21-9-12(11)14/h11-12,14H,2-10H2,1H3/t11-,12+,14?,16?. The first-order chi connectivity index (χ1) is 10.2. The van der Waals surface area contributed by atoms with Crippen molar-refractivity contribution in [3.05, 3.63) is 0 Å². The van der Waals surface area contributed by atoms with Crippen LogP contribution in [-0.2, 0) is 14.3 Å². The smallest absolute Gasteiger partial charge is 0.226 e. The first-order valence-corrected chi connectivity index (χ1v) is 8.33. The molecule has 4 rings (SSSR count). The zero-order chi connectivity index (χ0) is 14.6. The molecular formula is C16H24N2O3. The predicted molar refractivity (Wildman–Crippen MR) is 76.5 cm³/mol. The molecule has 5 nitrogen and oxygen atoms in total. The summed E-state index contributed by atoms with van der Waals surface area (Å²) >= 11 is 0. The Morgan fingerprint density at radius 2 is 2.10 bits per heavy atom. The fourth-order valence-electron chi connectivity index (χ4n) is 4.76. The molecule has 0 bridgehead atoms. The van der Waals surface area contributed by atoms with Crippen LogP contribution in [0.5, 0.6) is 0 Å². The molecule has 2 unspecified atom stereocenters. The van der Waals surface area contributed by atoms with E-state index >= 15 is 0 Å². The Labute approximate surface area is 125 Å². The van der Waals surface area contributed by atoms with Gasteiger partial charge in [-0.25, -0.2) is 0 Å². The van der Waals surface area contributed by atoms with Crippen LogP contribution in [0.15, 0.2) is 0 Å². The van der Waals surface area contributed by atoms with E-state index in [2.05, 4.69) is 4.90 Å². The molecular weight excluding hydrogens is 268 g/mol. The van der Waals surface area contributed by atoms with Gasteiger partial charge in [-0.3, -0.25) is 9.59 Å². The highest BCUT2D eigenvalue weighted by molar-refractivity contribution is 5.86. The van der Waals surface area contributed by atoms with Gasteiger partial charge in [-0.05, 0) is 38.0 Å². The Hall–Kier alpha value is -1.10. The van der Waals surface area contributed by atoms with Gasteiger partial charge in [0.1, 0.15) is 0 Å². The molecule has 3 heterocycles. The van der Waals surface area contributed by atoms with Crippen LogP contribution in [0.25, 0.3) is 0 Å². The Morgan fingerprint density at radius 1 is 1.33 bits per heavy atom. The SMILES string of the molecule is CCN1CC2(CCCCN2C(=O)C2[C@H]3COC[C@@H]23)CC1=O. The van der Waals surface area contributed by atoms with Gasteiger partial charge in [-0.1, -0.05) is 0 Å². The maximum Gasteiger partial charge on any atom is 0.226 e. The first-order valence-electron chi connectivity index (χ1n) is 8.33. The quantitative estimate of drug-likeness (QED) is 0.759. The van der Waals surface area contributed by atoms with Gasteiger partial charge in [-0.2, -0.15) is 0 Å². The molecule has 0 aromatic rings. The molecule has 0 aromatic carbocycles. The van der Waals surface area contributed by atoms with E-state index in [0.29, 0.717) is 24.2 Å². The molecule has 0 N–H and O–H groups in total. The lowest BCUT2D eigenvalue weighted by atomic mass is 9.85. The van der Waals surface area contributed by atoms with Crippen molar-refractivity contribution < 1.29 is 14.3 Å². The van der Waals surface area contributed by atoms with Crippen LogP contribution in [0, 0.1) is 17.8 Å². The number of nitrogens with zero attached hydrogens (tertiary/aromatic N) is 2. The molecule has 5 heteroatoms. The summed E-state index contributed by atoms with van der Waals surface area (Å²) in [6.45, 7) is 5.86. The number of likely N-dealkylation sites (tertiary alicyclic amines) is 2. The zero-order valence-corrected chi connectivity index (χ0v) is 12.7. The van der Waals surface area contributed by atoms with E-state index in [9.17, 15) is 9.59 Å². The number of hydrogen-bond acceptors (Lipinski definition) is 3. The van der Waals surface area contributed by atoms with Crippen LogP contribution in [0.4, 0.5) is 0 Å². The van der Waals surface area contributed by atoms with Crippen molar-refractivity contribution >= 4 is 11.8 Å². The van der Waals surface area contributed by atoms with Crippen molar-refractivity contribution in [2.75, 3.05) is 32.8 Å². The molecule has 3 saturated heterocycles. The number of rotatable bonds is 2. The summed E-state index contributed by atoms with van der Waals surface area (Å²) in [5.74, 6) is 1.61. The highest BCUT2D eigenvalue weighted by Gasteiger charge is 2.61. The van der Waals surface area contributed by atoms with Gasteiger partial charge in [0, 0.05) is 25.6 Å². The normalized spacial score (nSPS) is 41.8. The van der Waals surface area contributed by atoms with Crippen LogP contribution in [0.1, 0.15) is 32.6 Å². The number of amides is 2. The Kier molecular flexibility index (Phi) is 3.03. The van der Waals surface area contributed by atoms with Crippen molar-refractivity contribution in [3.8, 4) is 0 Å². The molecule has 116 valence electrons. The van der Waals surface area contributed by atoms with E-state index in [4.69, 9.17) is 4.74 Å².